The summed E-state index contributed by atoms with van der Waals surface area (Å²) in [5.74, 6) is -0.0982. The SMILES string of the molecule is O=S(=O)(O)CCCCCCCCN1Cc2ccccc2C1. The van der Waals surface area contributed by atoms with E-state index < -0.39 is 10.1 Å². The van der Waals surface area contributed by atoms with Gasteiger partial charge in [-0.3, -0.25) is 9.45 Å². The highest BCUT2D eigenvalue weighted by molar-refractivity contribution is 7.85. The van der Waals surface area contributed by atoms with Crippen LogP contribution in [0.15, 0.2) is 24.3 Å². The second-order valence-corrected chi connectivity index (χ2v) is 7.46. The van der Waals surface area contributed by atoms with Crippen molar-refractivity contribution in [1.82, 2.24) is 4.90 Å². The minimum atomic E-state index is -3.77. The average molecular weight is 311 g/mol. The van der Waals surface area contributed by atoms with E-state index >= 15 is 0 Å². The lowest BCUT2D eigenvalue weighted by atomic mass is 10.1. The molecule has 0 amide bonds. The lowest BCUT2D eigenvalue weighted by Crippen LogP contribution is -2.17. The Morgan fingerprint density at radius 2 is 1.43 bits per heavy atom. The molecule has 0 spiro atoms. The van der Waals surface area contributed by atoms with Crippen molar-refractivity contribution in [1.29, 1.82) is 0 Å². The van der Waals surface area contributed by atoms with E-state index in [-0.39, 0.29) is 5.75 Å². The molecule has 1 heterocycles. The highest BCUT2D eigenvalue weighted by Crippen LogP contribution is 2.22. The third-order valence-electron chi connectivity index (χ3n) is 4.03. The monoisotopic (exact) mass is 311 g/mol. The lowest BCUT2D eigenvalue weighted by molar-refractivity contribution is 0.276. The van der Waals surface area contributed by atoms with Crippen LogP contribution in [0.3, 0.4) is 0 Å². The van der Waals surface area contributed by atoms with Gasteiger partial charge in [-0.05, 0) is 30.5 Å². The van der Waals surface area contributed by atoms with Crippen LogP contribution in [-0.4, -0.2) is 30.2 Å². The van der Waals surface area contributed by atoms with Crippen LogP contribution in [0.1, 0.15) is 49.7 Å². The molecule has 0 saturated heterocycles. The molecular weight excluding hydrogens is 286 g/mol. The van der Waals surface area contributed by atoms with Crippen molar-refractivity contribution in [3.63, 3.8) is 0 Å². The minimum absolute atomic E-state index is 0.0982. The van der Waals surface area contributed by atoms with Crippen molar-refractivity contribution in [2.75, 3.05) is 12.3 Å². The minimum Gasteiger partial charge on any atom is -0.295 e. The van der Waals surface area contributed by atoms with Crippen molar-refractivity contribution in [3.8, 4) is 0 Å². The Kier molecular flexibility index (Phi) is 6.21. The molecule has 5 heteroatoms. The molecule has 1 N–H and O–H groups in total. The fraction of sp³-hybridized carbons (Fsp3) is 0.625. The summed E-state index contributed by atoms with van der Waals surface area (Å²) in [5.41, 5.74) is 2.92. The molecular formula is C16H25NO3S. The maximum absolute atomic E-state index is 10.6. The number of fused-ring (bicyclic) bond motifs is 1. The molecule has 4 nitrogen and oxygen atoms in total. The van der Waals surface area contributed by atoms with Gasteiger partial charge in [0, 0.05) is 13.1 Å². The molecule has 0 aliphatic carbocycles. The van der Waals surface area contributed by atoms with Gasteiger partial charge in [0.15, 0.2) is 0 Å². The van der Waals surface area contributed by atoms with Gasteiger partial charge >= 0.3 is 0 Å². The van der Waals surface area contributed by atoms with E-state index in [2.05, 4.69) is 29.2 Å². The second kappa shape index (κ2) is 7.92. The molecule has 2 rings (SSSR count). The van der Waals surface area contributed by atoms with E-state index in [0.29, 0.717) is 6.42 Å². The van der Waals surface area contributed by atoms with Crippen LogP contribution >= 0.6 is 0 Å². The van der Waals surface area contributed by atoms with Crippen molar-refractivity contribution >= 4 is 10.1 Å². The fourth-order valence-corrected chi connectivity index (χ4v) is 3.46. The third kappa shape index (κ3) is 6.16. The Balaban J connectivity index is 1.48. The van der Waals surface area contributed by atoms with E-state index in [1.54, 1.807) is 0 Å². The van der Waals surface area contributed by atoms with Crippen LogP contribution in [0.5, 0.6) is 0 Å². The first-order valence-electron chi connectivity index (χ1n) is 7.79. The van der Waals surface area contributed by atoms with E-state index in [4.69, 9.17) is 4.55 Å². The Bertz CT molecular complexity index is 517. The predicted octanol–water partition coefficient (Wildman–Crippen LogP) is 3.23. The van der Waals surface area contributed by atoms with Crippen molar-refractivity contribution < 1.29 is 13.0 Å². The van der Waals surface area contributed by atoms with Gasteiger partial charge in [-0.2, -0.15) is 8.42 Å². The van der Waals surface area contributed by atoms with Crippen molar-refractivity contribution in [2.45, 2.75) is 51.6 Å². The molecule has 1 aromatic rings. The Morgan fingerprint density at radius 3 is 2.00 bits per heavy atom. The maximum Gasteiger partial charge on any atom is 0.264 e. The summed E-state index contributed by atoms with van der Waals surface area (Å²) in [4.78, 5) is 2.49. The normalized spacial score (nSPS) is 15.3. The number of unbranched alkanes of at least 4 members (excludes halogenated alkanes) is 5. The Labute approximate surface area is 127 Å². The van der Waals surface area contributed by atoms with Gasteiger partial charge in [0.2, 0.25) is 0 Å². The first-order valence-corrected chi connectivity index (χ1v) is 9.40. The molecule has 118 valence electrons. The summed E-state index contributed by atoms with van der Waals surface area (Å²) in [5, 5.41) is 0. The maximum atomic E-state index is 10.6. The molecule has 0 aromatic heterocycles. The van der Waals surface area contributed by atoms with Crippen LogP contribution in [0.4, 0.5) is 0 Å². The number of benzene rings is 1. The van der Waals surface area contributed by atoms with Gasteiger partial charge in [0.05, 0.1) is 5.75 Å². The zero-order valence-corrected chi connectivity index (χ0v) is 13.3. The van der Waals surface area contributed by atoms with Gasteiger partial charge in [-0.15, -0.1) is 0 Å². The molecule has 0 radical (unpaired) electrons. The lowest BCUT2D eigenvalue weighted by Gasteiger charge is -2.14. The summed E-state index contributed by atoms with van der Waals surface area (Å²) < 4.78 is 29.7. The highest BCUT2D eigenvalue weighted by atomic mass is 32.2. The van der Waals surface area contributed by atoms with Gasteiger partial charge < -0.3 is 0 Å². The highest BCUT2D eigenvalue weighted by Gasteiger charge is 2.16. The molecule has 0 fully saturated rings. The number of hydrogen-bond acceptors (Lipinski definition) is 3. The molecule has 0 saturated carbocycles. The molecule has 1 aliphatic rings. The Hall–Kier alpha value is -0.910. The van der Waals surface area contributed by atoms with Crippen molar-refractivity contribution in [2.24, 2.45) is 0 Å². The summed E-state index contributed by atoms with van der Waals surface area (Å²) in [6.45, 7) is 3.29. The average Bonchev–Trinajstić information content (AvgIpc) is 2.83. The first-order chi connectivity index (χ1) is 10.0. The van der Waals surface area contributed by atoms with Crippen LogP contribution < -0.4 is 0 Å². The van der Waals surface area contributed by atoms with Crippen LogP contribution in [-0.2, 0) is 23.2 Å². The number of nitrogens with zero attached hydrogens (tertiary/aromatic N) is 1. The number of hydrogen-bond donors (Lipinski definition) is 1. The largest absolute Gasteiger partial charge is 0.295 e. The molecule has 0 bridgehead atoms. The van der Waals surface area contributed by atoms with Gasteiger partial charge in [0.25, 0.3) is 10.1 Å². The summed E-state index contributed by atoms with van der Waals surface area (Å²) in [6.07, 6.45) is 6.04. The fourth-order valence-electron chi connectivity index (χ4n) is 2.89. The van der Waals surface area contributed by atoms with Crippen LogP contribution in [0.2, 0.25) is 0 Å². The van der Waals surface area contributed by atoms with E-state index in [9.17, 15) is 8.42 Å². The molecule has 1 aliphatic heterocycles. The standard InChI is InChI=1S/C16H25NO3S/c18-21(19,20)12-8-4-2-1-3-7-11-17-13-15-9-5-6-10-16(15)14-17/h5-6,9-10H,1-4,7-8,11-14H2,(H,18,19,20). The van der Waals surface area contributed by atoms with Gasteiger partial charge in [0.1, 0.15) is 0 Å². The van der Waals surface area contributed by atoms with Gasteiger partial charge in [-0.1, -0.05) is 49.9 Å². The molecule has 1 aromatic carbocycles. The quantitative estimate of drug-likeness (QED) is 0.562. The Morgan fingerprint density at radius 1 is 0.905 bits per heavy atom. The molecule has 21 heavy (non-hydrogen) atoms. The smallest absolute Gasteiger partial charge is 0.264 e. The first kappa shape index (κ1) is 16.5. The second-order valence-electron chi connectivity index (χ2n) is 5.89. The summed E-state index contributed by atoms with van der Waals surface area (Å²) in [7, 11) is -3.77. The molecule has 0 atom stereocenters. The topological polar surface area (TPSA) is 57.6 Å². The van der Waals surface area contributed by atoms with E-state index in [1.807, 2.05) is 0 Å². The predicted molar refractivity (Wildman–Crippen MR) is 84.7 cm³/mol. The van der Waals surface area contributed by atoms with Crippen LogP contribution in [0, 0.1) is 0 Å². The summed E-state index contributed by atoms with van der Waals surface area (Å²) >= 11 is 0. The summed E-state index contributed by atoms with van der Waals surface area (Å²) in [6, 6.07) is 8.64. The third-order valence-corrected chi connectivity index (χ3v) is 4.84. The van der Waals surface area contributed by atoms with E-state index in [0.717, 1.165) is 38.9 Å². The zero-order valence-electron chi connectivity index (χ0n) is 12.5. The zero-order chi connectivity index (χ0) is 15.1. The van der Waals surface area contributed by atoms with Crippen molar-refractivity contribution in [3.05, 3.63) is 35.4 Å². The van der Waals surface area contributed by atoms with Crippen LogP contribution in [0.25, 0.3) is 0 Å². The van der Waals surface area contributed by atoms with Gasteiger partial charge in [-0.25, -0.2) is 0 Å². The van der Waals surface area contributed by atoms with E-state index in [1.165, 1.54) is 24.0 Å². The molecule has 0 unspecified atom stereocenters. The number of rotatable bonds is 9.